The second kappa shape index (κ2) is 7.89. The third-order valence-electron chi connectivity index (χ3n) is 7.36. The SMILES string of the molecule is O=C(NCCc1c[nH]c2ccccc12)[C@H]1[C@H]2C(=O)N(CCc3ccccc3)C[C@@]23C=C[C@H]1O3. The Kier molecular flexibility index (Phi) is 4.84. The molecule has 3 aliphatic heterocycles. The number of benzene rings is 2. The Morgan fingerprint density at radius 2 is 1.94 bits per heavy atom. The van der Waals surface area contributed by atoms with E-state index in [0.29, 0.717) is 19.6 Å². The Morgan fingerprint density at radius 3 is 2.82 bits per heavy atom. The van der Waals surface area contributed by atoms with E-state index in [4.69, 9.17) is 4.74 Å². The van der Waals surface area contributed by atoms with Gasteiger partial charge in [0.2, 0.25) is 11.8 Å². The van der Waals surface area contributed by atoms with E-state index in [1.807, 2.05) is 59.6 Å². The van der Waals surface area contributed by atoms with Crippen molar-refractivity contribution in [1.29, 1.82) is 0 Å². The first kappa shape index (κ1) is 20.2. The van der Waals surface area contributed by atoms with Gasteiger partial charge in [0.15, 0.2) is 0 Å². The van der Waals surface area contributed by atoms with E-state index in [1.54, 1.807) is 0 Å². The predicted molar refractivity (Wildman–Crippen MR) is 125 cm³/mol. The van der Waals surface area contributed by atoms with Gasteiger partial charge in [0.05, 0.1) is 24.5 Å². The number of nitrogens with zero attached hydrogens (tertiary/aromatic N) is 1. The van der Waals surface area contributed by atoms with Gasteiger partial charge in [-0.3, -0.25) is 9.59 Å². The smallest absolute Gasteiger partial charge is 0.230 e. The number of nitrogens with one attached hydrogen (secondary N) is 2. The number of carbonyl (C=O) groups is 2. The van der Waals surface area contributed by atoms with Crippen LogP contribution in [0.1, 0.15) is 11.1 Å². The van der Waals surface area contributed by atoms with Crippen LogP contribution in [0.15, 0.2) is 72.9 Å². The number of fused-ring (bicyclic) bond motifs is 2. The van der Waals surface area contributed by atoms with Gasteiger partial charge in [0.25, 0.3) is 0 Å². The molecule has 33 heavy (non-hydrogen) atoms. The zero-order chi connectivity index (χ0) is 22.4. The average Bonchev–Trinajstić information content (AvgIpc) is 3.58. The number of aromatic nitrogens is 1. The van der Waals surface area contributed by atoms with Crippen molar-refractivity contribution in [2.45, 2.75) is 24.5 Å². The Labute approximate surface area is 192 Å². The highest BCUT2D eigenvalue weighted by molar-refractivity contribution is 5.93. The number of carbonyl (C=O) groups excluding carboxylic acids is 2. The lowest BCUT2D eigenvalue weighted by atomic mass is 9.77. The quantitative estimate of drug-likeness (QED) is 0.554. The fraction of sp³-hybridized carbons (Fsp3) is 0.333. The number of aromatic amines is 1. The van der Waals surface area contributed by atoms with Crippen LogP contribution in [0.5, 0.6) is 0 Å². The van der Waals surface area contributed by atoms with Crippen LogP contribution >= 0.6 is 0 Å². The maximum Gasteiger partial charge on any atom is 0.230 e. The Morgan fingerprint density at radius 1 is 1.12 bits per heavy atom. The van der Waals surface area contributed by atoms with E-state index in [-0.39, 0.29) is 17.9 Å². The lowest BCUT2D eigenvalue weighted by Crippen LogP contribution is -2.44. The summed E-state index contributed by atoms with van der Waals surface area (Å²) < 4.78 is 6.24. The highest BCUT2D eigenvalue weighted by Crippen LogP contribution is 2.51. The van der Waals surface area contributed by atoms with Gasteiger partial charge in [-0.2, -0.15) is 0 Å². The van der Waals surface area contributed by atoms with Gasteiger partial charge in [0, 0.05) is 30.2 Å². The molecule has 0 unspecified atom stereocenters. The number of hydrogen-bond acceptors (Lipinski definition) is 3. The van der Waals surface area contributed by atoms with E-state index in [1.165, 1.54) is 16.5 Å². The molecule has 6 nitrogen and oxygen atoms in total. The molecule has 0 radical (unpaired) electrons. The zero-order valence-electron chi connectivity index (χ0n) is 18.4. The third-order valence-corrected chi connectivity index (χ3v) is 7.36. The van der Waals surface area contributed by atoms with Crippen LogP contribution in [0.4, 0.5) is 0 Å². The minimum Gasteiger partial charge on any atom is -0.361 e. The lowest BCUT2D eigenvalue weighted by Gasteiger charge is -2.23. The predicted octanol–water partition coefficient (Wildman–Crippen LogP) is 2.85. The molecular weight excluding hydrogens is 414 g/mol. The first-order valence-electron chi connectivity index (χ1n) is 11.7. The van der Waals surface area contributed by atoms with Crippen molar-refractivity contribution in [3.63, 3.8) is 0 Å². The van der Waals surface area contributed by atoms with Gasteiger partial charge in [-0.05, 0) is 30.0 Å². The van der Waals surface area contributed by atoms with Crippen molar-refractivity contribution in [2.24, 2.45) is 11.8 Å². The van der Waals surface area contributed by atoms with Crippen molar-refractivity contribution in [3.8, 4) is 0 Å². The Hall–Kier alpha value is -3.38. The summed E-state index contributed by atoms with van der Waals surface area (Å²) >= 11 is 0. The highest BCUT2D eigenvalue weighted by atomic mass is 16.5. The normalized spacial score (nSPS) is 27.5. The minimum atomic E-state index is -0.655. The molecule has 2 bridgehead atoms. The molecule has 2 N–H and O–H groups in total. The van der Waals surface area contributed by atoms with Crippen molar-refractivity contribution >= 4 is 22.7 Å². The molecule has 168 valence electrons. The van der Waals surface area contributed by atoms with Crippen molar-refractivity contribution in [2.75, 3.05) is 19.6 Å². The number of para-hydroxylation sites is 1. The maximum atomic E-state index is 13.3. The largest absolute Gasteiger partial charge is 0.361 e. The molecule has 6 heteroatoms. The number of rotatable bonds is 7. The number of likely N-dealkylation sites (tertiary alicyclic amines) is 1. The van der Waals surface area contributed by atoms with E-state index in [2.05, 4.69) is 28.5 Å². The summed E-state index contributed by atoms with van der Waals surface area (Å²) in [5.41, 5.74) is 2.82. The van der Waals surface area contributed by atoms with Crippen LogP contribution in [0.25, 0.3) is 10.9 Å². The summed E-state index contributed by atoms with van der Waals surface area (Å²) in [4.78, 5) is 31.7. The van der Waals surface area contributed by atoms with Crippen molar-refractivity contribution in [1.82, 2.24) is 15.2 Å². The molecule has 4 atom stereocenters. The van der Waals surface area contributed by atoms with Gasteiger partial charge in [-0.25, -0.2) is 0 Å². The summed E-state index contributed by atoms with van der Waals surface area (Å²) in [6.07, 6.45) is 7.19. The molecule has 3 aromatic rings. The van der Waals surface area contributed by atoms with Gasteiger partial charge >= 0.3 is 0 Å². The van der Waals surface area contributed by atoms with Gasteiger partial charge in [-0.1, -0.05) is 60.7 Å². The summed E-state index contributed by atoms with van der Waals surface area (Å²) in [6.45, 7) is 1.69. The Balaban J connectivity index is 1.11. The van der Waals surface area contributed by atoms with Crippen LogP contribution in [0.2, 0.25) is 0 Å². The number of amides is 2. The maximum absolute atomic E-state index is 13.3. The van der Waals surface area contributed by atoms with Crippen LogP contribution in [0.3, 0.4) is 0 Å². The number of hydrogen-bond donors (Lipinski definition) is 2. The average molecular weight is 442 g/mol. The highest BCUT2D eigenvalue weighted by Gasteiger charge is 2.66. The van der Waals surface area contributed by atoms with E-state index >= 15 is 0 Å². The third kappa shape index (κ3) is 3.37. The molecule has 2 amide bonds. The molecule has 0 saturated carbocycles. The zero-order valence-corrected chi connectivity index (χ0v) is 18.4. The summed E-state index contributed by atoms with van der Waals surface area (Å²) in [5.74, 6) is -0.951. The van der Waals surface area contributed by atoms with E-state index in [9.17, 15) is 9.59 Å². The molecule has 2 aromatic carbocycles. The topological polar surface area (TPSA) is 74.4 Å². The number of ether oxygens (including phenoxy) is 1. The van der Waals surface area contributed by atoms with E-state index < -0.39 is 17.4 Å². The fourth-order valence-corrected chi connectivity index (χ4v) is 5.75. The molecule has 3 aliphatic rings. The fourth-order valence-electron chi connectivity index (χ4n) is 5.75. The second-order valence-corrected chi connectivity index (χ2v) is 9.30. The van der Waals surface area contributed by atoms with Crippen LogP contribution in [-0.4, -0.2) is 53.0 Å². The molecule has 4 heterocycles. The molecule has 1 spiro atoms. The molecule has 2 saturated heterocycles. The minimum absolute atomic E-state index is 0.0366. The van der Waals surface area contributed by atoms with Gasteiger partial charge < -0.3 is 19.9 Å². The molecular formula is C27H27N3O3. The molecule has 0 aliphatic carbocycles. The summed E-state index contributed by atoms with van der Waals surface area (Å²) in [7, 11) is 0. The van der Waals surface area contributed by atoms with Crippen LogP contribution in [-0.2, 0) is 27.2 Å². The molecule has 2 fully saturated rings. The summed E-state index contributed by atoms with van der Waals surface area (Å²) in [6, 6.07) is 18.3. The van der Waals surface area contributed by atoms with Crippen LogP contribution in [0, 0.1) is 11.8 Å². The Bertz CT molecular complexity index is 1230. The summed E-state index contributed by atoms with van der Waals surface area (Å²) in [5, 5.41) is 4.26. The van der Waals surface area contributed by atoms with Crippen molar-refractivity contribution in [3.05, 3.63) is 84.1 Å². The van der Waals surface area contributed by atoms with Gasteiger partial charge in [0.1, 0.15) is 5.60 Å². The standard InChI is InChI=1S/C27H27N3O3/c31-25(28-14-11-19-16-29-21-9-5-4-8-20(19)21)23-22-10-13-27(33-22)17-30(26(32)24(23)27)15-12-18-6-2-1-3-7-18/h1-10,13,16,22-24,29H,11-12,14-15,17H2,(H,28,31)/t22-,23-,24+,27+/m1/s1. The first-order chi connectivity index (χ1) is 16.1. The van der Waals surface area contributed by atoms with Crippen LogP contribution < -0.4 is 5.32 Å². The molecule has 1 aromatic heterocycles. The van der Waals surface area contributed by atoms with Crippen molar-refractivity contribution < 1.29 is 14.3 Å². The lowest BCUT2D eigenvalue weighted by molar-refractivity contribution is -0.137. The molecule has 6 rings (SSSR count). The second-order valence-electron chi connectivity index (χ2n) is 9.30. The first-order valence-corrected chi connectivity index (χ1v) is 11.7. The van der Waals surface area contributed by atoms with Gasteiger partial charge in [-0.15, -0.1) is 0 Å². The van der Waals surface area contributed by atoms with E-state index in [0.717, 1.165) is 18.4 Å². The monoisotopic (exact) mass is 441 g/mol. The number of H-pyrrole nitrogens is 1.